The van der Waals surface area contributed by atoms with Crippen molar-refractivity contribution >= 4 is 0 Å². The minimum Gasteiger partial charge on any atom is -0.395 e. The molecule has 1 aromatic heterocycles. The highest BCUT2D eigenvalue weighted by molar-refractivity contribution is 5.03. The van der Waals surface area contributed by atoms with E-state index in [1.165, 1.54) is 0 Å². The van der Waals surface area contributed by atoms with Crippen molar-refractivity contribution in [1.82, 2.24) is 15.2 Å². The van der Waals surface area contributed by atoms with E-state index in [4.69, 9.17) is 5.11 Å². The first-order valence-electron chi connectivity index (χ1n) is 5.85. The van der Waals surface area contributed by atoms with Crippen LogP contribution in [0.15, 0.2) is 24.4 Å². The van der Waals surface area contributed by atoms with Gasteiger partial charge in [0.05, 0.1) is 12.3 Å². The first-order chi connectivity index (χ1) is 7.88. The average molecular weight is 221 g/mol. The summed E-state index contributed by atoms with van der Waals surface area (Å²) in [5.41, 5.74) is 1.13. The highest BCUT2D eigenvalue weighted by atomic mass is 16.3. The first kappa shape index (κ1) is 11.5. The number of hydrogen-bond acceptors (Lipinski definition) is 4. The second kappa shape index (κ2) is 5.94. The van der Waals surface area contributed by atoms with Crippen molar-refractivity contribution in [1.29, 1.82) is 0 Å². The van der Waals surface area contributed by atoms with Gasteiger partial charge in [-0.2, -0.15) is 0 Å². The van der Waals surface area contributed by atoms with E-state index in [9.17, 15) is 0 Å². The monoisotopic (exact) mass is 221 g/mol. The van der Waals surface area contributed by atoms with Crippen molar-refractivity contribution in [2.75, 3.05) is 26.2 Å². The van der Waals surface area contributed by atoms with Gasteiger partial charge in [0.25, 0.3) is 0 Å². The average Bonchev–Trinajstić information content (AvgIpc) is 2.75. The van der Waals surface area contributed by atoms with E-state index < -0.39 is 0 Å². The summed E-state index contributed by atoms with van der Waals surface area (Å²) in [6.45, 7) is 4.01. The van der Waals surface area contributed by atoms with E-state index in [2.05, 4.69) is 21.3 Å². The molecule has 0 saturated carbocycles. The molecule has 0 bridgehead atoms. The Bertz CT molecular complexity index is 304. The predicted octanol–water partition coefficient (Wildman–Crippen LogP) is 0.238. The smallest absolute Gasteiger partial charge is 0.0556 e. The number of aliphatic hydroxyl groups excluding tert-OH is 1. The first-order valence-corrected chi connectivity index (χ1v) is 5.85. The molecule has 16 heavy (non-hydrogen) atoms. The summed E-state index contributed by atoms with van der Waals surface area (Å²) in [7, 11) is 0. The summed E-state index contributed by atoms with van der Waals surface area (Å²) < 4.78 is 0. The molecule has 2 heterocycles. The van der Waals surface area contributed by atoms with E-state index in [1.54, 1.807) is 0 Å². The third-order valence-electron chi connectivity index (χ3n) is 2.93. The van der Waals surface area contributed by atoms with E-state index >= 15 is 0 Å². The third-order valence-corrected chi connectivity index (χ3v) is 2.93. The number of rotatable bonds is 5. The van der Waals surface area contributed by atoms with Crippen LogP contribution >= 0.6 is 0 Å². The standard InChI is InChI=1S/C12H19N3O/c16-8-6-14-12-4-7-15(10-12)9-11-3-1-2-5-13-11/h1-3,5,12,14,16H,4,6-10H2. The molecule has 1 aromatic rings. The Kier molecular flexibility index (Phi) is 4.27. The van der Waals surface area contributed by atoms with E-state index in [0.717, 1.165) is 31.7 Å². The Morgan fingerprint density at radius 1 is 1.50 bits per heavy atom. The zero-order valence-electron chi connectivity index (χ0n) is 9.47. The number of nitrogens with one attached hydrogen (secondary N) is 1. The normalized spacial score (nSPS) is 21.4. The highest BCUT2D eigenvalue weighted by Crippen LogP contribution is 2.11. The molecule has 1 aliphatic rings. The van der Waals surface area contributed by atoms with Crippen LogP contribution in [0.3, 0.4) is 0 Å². The van der Waals surface area contributed by atoms with Crippen molar-refractivity contribution in [3.63, 3.8) is 0 Å². The minimum absolute atomic E-state index is 0.219. The molecule has 4 heteroatoms. The number of likely N-dealkylation sites (tertiary alicyclic amines) is 1. The lowest BCUT2D eigenvalue weighted by atomic mass is 10.3. The highest BCUT2D eigenvalue weighted by Gasteiger charge is 2.21. The van der Waals surface area contributed by atoms with E-state index in [-0.39, 0.29) is 6.61 Å². The van der Waals surface area contributed by atoms with Crippen molar-refractivity contribution in [2.24, 2.45) is 0 Å². The molecule has 1 atom stereocenters. The maximum atomic E-state index is 8.74. The zero-order chi connectivity index (χ0) is 11.2. The predicted molar refractivity (Wildman–Crippen MR) is 63.0 cm³/mol. The van der Waals surface area contributed by atoms with Gasteiger partial charge in [-0.05, 0) is 18.6 Å². The fourth-order valence-corrected chi connectivity index (χ4v) is 2.13. The van der Waals surface area contributed by atoms with Crippen LogP contribution in [0.25, 0.3) is 0 Å². The lowest BCUT2D eigenvalue weighted by Crippen LogP contribution is -2.34. The molecule has 0 amide bonds. The fraction of sp³-hybridized carbons (Fsp3) is 0.583. The molecule has 0 aromatic carbocycles. The van der Waals surface area contributed by atoms with Crippen LogP contribution in [0.5, 0.6) is 0 Å². The topological polar surface area (TPSA) is 48.4 Å². The molecule has 0 spiro atoms. The summed E-state index contributed by atoms with van der Waals surface area (Å²) in [4.78, 5) is 6.73. The molecule has 2 rings (SSSR count). The summed E-state index contributed by atoms with van der Waals surface area (Å²) in [6, 6.07) is 6.56. The van der Waals surface area contributed by atoms with Crippen LogP contribution in [0.1, 0.15) is 12.1 Å². The van der Waals surface area contributed by atoms with Crippen molar-refractivity contribution < 1.29 is 5.11 Å². The van der Waals surface area contributed by atoms with Crippen LogP contribution in [0, 0.1) is 0 Å². The summed E-state index contributed by atoms with van der Waals surface area (Å²) in [5, 5.41) is 12.1. The molecule has 2 N–H and O–H groups in total. The SMILES string of the molecule is OCCNC1CCN(Cc2ccccn2)C1. The van der Waals surface area contributed by atoms with Gasteiger partial charge in [0.1, 0.15) is 0 Å². The van der Waals surface area contributed by atoms with Crippen LogP contribution in [0.4, 0.5) is 0 Å². The number of hydrogen-bond donors (Lipinski definition) is 2. The molecule has 1 unspecified atom stereocenters. The molecule has 0 aliphatic carbocycles. The molecule has 4 nitrogen and oxygen atoms in total. The maximum Gasteiger partial charge on any atom is 0.0556 e. The largest absolute Gasteiger partial charge is 0.395 e. The maximum absolute atomic E-state index is 8.74. The fourth-order valence-electron chi connectivity index (χ4n) is 2.13. The number of aromatic nitrogens is 1. The zero-order valence-corrected chi connectivity index (χ0v) is 9.47. The van der Waals surface area contributed by atoms with Gasteiger partial charge < -0.3 is 10.4 Å². The van der Waals surface area contributed by atoms with Gasteiger partial charge >= 0.3 is 0 Å². The number of nitrogens with zero attached hydrogens (tertiary/aromatic N) is 2. The molecular weight excluding hydrogens is 202 g/mol. The molecule has 1 aliphatic heterocycles. The lowest BCUT2D eigenvalue weighted by molar-refractivity contribution is 0.278. The van der Waals surface area contributed by atoms with E-state index in [1.807, 2.05) is 18.3 Å². The van der Waals surface area contributed by atoms with Crippen LogP contribution in [-0.4, -0.2) is 47.3 Å². The Balaban J connectivity index is 1.76. The second-order valence-corrected chi connectivity index (χ2v) is 4.22. The van der Waals surface area contributed by atoms with Crippen molar-refractivity contribution in [3.8, 4) is 0 Å². The molecule has 1 fully saturated rings. The summed E-state index contributed by atoms with van der Waals surface area (Å²) in [5.74, 6) is 0. The summed E-state index contributed by atoms with van der Waals surface area (Å²) >= 11 is 0. The Morgan fingerprint density at radius 3 is 3.19 bits per heavy atom. The lowest BCUT2D eigenvalue weighted by Gasteiger charge is -2.15. The van der Waals surface area contributed by atoms with Crippen LogP contribution < -0.4 is 5.32 Å². The third kappa shape index (κ3) is 3.27. The van der Waals surface area contributed by atoms with Crippen molar-refractivity contribution in [3.05, 3.63) is 30.1 Å². The van der Waals surface area contributed by atoms with E-state index in [0.29, 0.717) is 12.6 Å². The van der Waals surface area contributed by atoms with Gasteiger partial charge in [-0.25, -0.2) is 0 Å². The quantitative estimate of drug-likeness (QED) is 0.747. The van der Waals surface area contributed by atoms with Gasteiger partial charge in [0.2, 0.25) is 0 Å². The van der Waals surface area contributed by atoms with Crippen LogP contribution in [-0.2, 0) is 6.54 Å². The Labute approximate surface area is 96.3 Å². The second-order valence-electron chi connectivity index (χ2n) is 4.22. The van der Waals surface area contributed by atoms with Gasteiger partial charge in [-0.15, -0.1) is 0 Å². The molecule has 1 saturated heterocycles. The minimum atomic E-state index is 0.219. The Hall–Kier alpha value is -0.970. The summed E-state index contributed by atoms with van der Waals surface area (Å²) in [6.07, 6.45) is 3.00. The van der Waals surface area contributed by atoms with Gasteiger partial charge in [0, 0.05) is 38.4 Å². The molecule has 0 radical (unpaired) electrons. The van der Waals surface area contributed by atoms with Crippen LogP contribution in [0.2, 0.25) is 0 Å². The molecular formula is C12H19N3O. The van der Waals surface area contributed by atoms with Gasteiger partial charge in [-0.3, -0.25) is 9.88 Å². The van der Waals surface area contributed by atoms with Gasteiger partial charge in [-0.1, -0.05) is 6.07 Å². The number of pyridine rings is 1. The van der Waals surface area contributed by atoms with Crippen molar-refractivity contribution in [2.45, 2.75) is 19.0 Å². The van der Waals surface area contributed by atoms with Gasteiger partial charge in [0.15, 0.2) is 0 Å². The number of aliphatic hydroxyl groups is 1. The Morgan fingerprint density at radius 2 is 2.44 bits per heavy atom. The molecule has 88 valence electrons.